The first kappa shape index (κ1) is 18.6. The fourth-order valence-corrected chi connectivity index (χ4v) is 2.47. The second-order valence-corrected chi connectivity index (χ2v) is 5.94. The third-order valence-electron chi connectivity index (χ3n) is 3.59. The van der Waals surface area contributed by atoms with E-state index < -0.39 is 0 Å². The van der Waals surface area contributed by atoms with Crippen molar-refractivity contribution in [1.82, 2.24) is 10.6 Å². The van der Waals surface area contributed by atoms with Crippen molar-refractivity contribution in [2.75, 3.05) is 12.4 Å². The van der Waals surface area contributed by atoms with Gasteiger partial charge in [0.05, 0.1) is 6.42 Å². The van der Waals surface area contributed by atoms with E-state index in [4.69, 9.17) is 12.2 Å². The van der Waals surface area contributed by atoms with Crippen LogP contribution < -0.4 is 16.0 Å². The molecule has 0 saturated carbocycles. The summed E-state index contributed by atoms with van der Waals surface area (Å²) in [5.74, 6) is -0.167. The van der Waals surface area contributed by atoms with Gasteiger partial charge in [-0.05, 0) is 41.9 Å². The van der Waals surface area contributed by atoms with Gasteiger partial charge in [-0.1, -0.05) is 42.5 Å². The van der Waals surface area contributed by atoms with Crippen LogP contribution in [0.25, 0.3) is 0 Å². The van der Waals surface area contributed by atoms with Gasteiger partial charge in [0.15, 0.2) is 5.11 Å². The largest absolute Gasteiger partial charge is 0.359 e. The topological polar surface area (TPSA) is 70.2 Å². The highest BCUT2D eigenvalue weighted by molar-refractivity contribution is 7.80. The molecule has 0 heterocycles. The minimum absolute atomic E-state index is 0.0399. The number of nitrogens with one attached hydrogen (secondary N) is 3. The highest BCUT2D eigenvalue weighted by Crippen LogP contribution is 2.10. The normalized spacial score (nSPS) is 9.96. The number of rotatable bonds is 6. The summed E-state index contributed by atoms with van der Waals surface area (Å²) in [5, 5.41) is 8.48. The van der Waals surface area contributed by atoms with Crippen molar-refractivity contribution in [3.8, 4) is 0 Å². The van der Waals surface area contributed by atoms with Crippen molar-refractivity contribution >= 4 is 34.8 Å². The lowest BCUT2D eigenvalue weighted by molar-refractivity contribution is -0.120. The first-order chi connectivity index (χ1) is 12.1. The zero-order valence-corrected chi connectivity index (χ0v) is 14.9. The van der Waals surface area contributed by atoms with Crippen molar-refractivity contribution in [3.05, 3.63) is 65.7 Å². The van der Waals surface area contributed by atoms with E-state index in [1.807, 2.05) is 54.6 Å². The lowest BCUT2D eigenvalue weighted by atomic mass is 10.1. The van der Waals surface area contributed by atoms with Gasteiger partial charge in [0.25, 0.3) is 0 Å². The highest BCUT2D eigenvalue weighted by Gasteiger charge is 2.06. The maximum absolute atomic E-state index is 11.9. The van der Waals surface area contributed by atoms with Crippen molar-refractivity contribution in [2.24, 2.45) is 0 Å². The number of anilines is 1. The molecule has 2 aromatic carbocycles. The lowest BCUT2D eigenvalue weighted by Crippen LogP contribution is -2.34. The van der Waals surface area contributed by atoms with Gasteiger partial charge in [-0.25, -0.2) is 0 Å². The molecule has 2 rings (SSSR count). The Hall–Kier alpha value is -2.73. The van der Waals surface area contributed by atoms with Crippen LogP contribution in [0.4, 0.5) is 5.69 Å². The summed E-state index contributed by atoms with van der Waals surface area (Å²) in [4.78, 5) is 23.3. The monoisotopic (exact) mass is 355 g/mol. The molecule has 0 spiro atoms. The molecular weight excluding hydrogens is 334 g/mol. The Morgan fingerprint density at radius 2 is 1.60 bits per heavy atom. The van der Waals surface area contributed by atoms with Crippen LogP contribution in [0.1, 0.15) is 17.5 Å². The van der Waals surface area contributed by atoms with Crippen LogP contribution in [0.15, 0.2) is 54.6 Å². The molecular formula is C19H21N3O2S. The van der Waals surface area contributed by atoms with Gasteiger partial charge in [0.2, 0.25) is 11.8 Å². The SMILES string of the molecule is CNC(=O)Cc1ccc(NC(=S)NC(=O)CCc2ccccc2)cc1. The molecule has 3 N–H and O–H groups in total. The van der Waals surface area contributed by atoms with Gasteiger partial charge in [-0.15, -0.1) is 0 Å². The van der Waals surface area contributed by atoms with Crippen molar-refractivity contribution in [3.63, 3.8) is 0 Å². The summed E-state index contributed by atoms with van der Waals surface area (Å²) < 4.78 is 0. The van der Waals surface area contributed by atoms with E-state index in [-0.39, 0.29) is 16.9 Å². The summed E-state index contributed by atoms with van der Waals surface area (Å²) in [6, 6.07) is 17.2. The molecule has 6 heteroatoms. The molecule has 0 aliphatic rings. The zero-order valence-electron chi connectivity index (χ0n) is 14.0. The number of carbonyl (C=O) groups excluding carboxylic acids is 2. The van der Waals surface area contributed by atoms with Gasteiger partial charge < -0.3 is 16.0 Å². The van der Waals surface area contributed by atoms with Crippen LogP contribution in [0, 0.1) is 0 Å². The smallest absolute Gasteiger partial charge is 0.226 e. The molecule has 0 aliphatic carbocycles. The molecule has 0 aliphatic heterocycles. The molecule has 130 valence electrons. The van der Waals surface area contributed by atoms with Gasteiger partial charge in [-0.3, -0.25) is 9.59 Å². The first-order valence-electron chi connectivity index (χ1n) is 8.01. The average molecular weight is 355 g/mol. The predicted molar refractivity (Wildman–Crippen MR) is 103 cm³/mol. The number of hydrogen-bond acceptors (Lipinski definition) is 3. The quantitative estimate of drug-likeness (QED) is 0.696. The van der Waals surface area contributed by atoms with E-state index >= 15 is 0 Å². The molecule has 0 radical (unpaired) electrons. The third kappa shape index (κ3) is 6.73. The third-order valence-corrected chi connectivity index (χ3v) is 3.80. The second kappa shape index (κ2) is 9.54. The summed E-state index contributed by atoms with van der Waals surface area (Å²) in [6.07, 6.45) is 1.37. The van der Waals surface area contributed by atoms with E-state index in [0.717, 1.165) is 16.8 Å². The van der Waals surface area contributed by atoms with Crippen LogP contribution in [0.3, 0.4) is 0 Å². The maximum atomic E-state index is 11.9. The molecule has 0 saturated heterocycles. The van der Waals surface area contributed by atoms with Crippen LogP contribution in [-0.2, 0) is 22.4 Å². The van der Waals surface area contributed by atoms with Crippen molar-refractivity contribution in [2.45, 2.75) is 19.3 Å². The van der Waals surface area contributed by atoms with Gasteiger partial charge in [0, 0.05) is 19.2 Å². The predicted octanol–water partition coefficient (Wildman–Crippen LogP) is 2.42. The molecule has 25 heavy (non-hydrogen) atoms. The van der Waals surface area contributed by atoms with E-state index in [1.165, 1.54) is 0 Å². The van der Waals surface area contributed by atoms with Crippen molar-refractivity contribution in [1.29, 1.82) is 0 Å². The van der Waals surface area contributed by atoms with Gasteiger partial charge >= 0.3 is 0 Å². The number of thiocarbonyl (C=S) groups is 1. The first-order valence-corrected chi connectivity index (χ1v) is 8.42. The minimum atomic E-state index is -0.127. The number of likely N-dealkylation sites (N-methyl/N-ethyl adjacent to an activating group) is 1. The Bertz CT molecular complexity index is 730. The molecule has 5 nitrogen and oxygen atoms in total. The number of amides is 2. The number of aryl methyl sites for hydroxylation is 1. The molecule has 0 atom stereocenters. The highest BCUT2D eigenvalue weighted by atomic mass is 32.1. The number of benzene rings is 2. The van der Waals surface area contributed by atoms with Crippen LogP contribution in [0.5, 0.6) is 0 Å². The molecule has 0 bridgehead atoms. The Kier molecular flexibility index (Phi) is 7.10. The Balaban J connectivity index is 1.77. The van der Waals surface area contributed by atoms with E-state index in [1.54, 1.807) is 7.05 Å². The summed E-state index contributed by atoms with van der Waals surface area (Å²) in [6.45, 7) is 0. The standard InChI is InChI=1S/C19H21N3O2S/c1-20-18(24)13-15-7-10-16(11-8-15)21-19(25)22-17(23)12-9-14-5-3-2-4-6-14/h2-8,10-11H,9,12-13H2,1H3,(H,20,24)(H2,21,22,23,25). The summed E-state index contributed by atoms with van der Waals surface area (Å²) in [5.41, 5.74) is 2.78. The van der Waals surface area contributed by atoms with Crippen LogP contribution >= 0.6 is 12.2 Å². The lowest BCUT2D eigenvalue weighted by Gasteiger charge is -2.10. The zero-order chi connectivity index (χ0) is 18.1. The van der Waals surface area contributed by atoms with Gasteiger partial charge in [-0.2, -0.15) is 0 Å². The van der Waals surface area contributed by atoms with E-state index in [2.05, 4.69) is 16.0 Å². The molecule has 0 aromatic heterocycles. The Labute approximate surface area is 152 Å². The van der Waals surface area contributed by atoms with E-state index in [0.29, 0.717) is 19.3 Å². The maximum Gasteiger partial charge on any atom is 0.226 e. The van der Waals surface area contributed by atoms with Crippen LogP contribution in [0.2, 0.25) is 0 Å². The molecule has 0 unspecified atom stereocenters. The number of carbonyl (C=O) groups is 2. The fraction of sp³-hybridized carbons (Fsp3) is 0.211. The fourth-order valence-electron chi connectivity index (χ4n) is 2.23. The Morgan fingerprint density at radius 1 is 0.920 bits per heavy atom. The molecule has 2 amide bonds. The van der Waals surface area contributed by atoms with Crippen molar-refractivity contribution < 1.29 is 9.59 Å². The summed E-state index contributed by atoms with van der Waals surface area (Å²) >= 11 is 5.16. The van der Waals surface area contributed by atoms with Crippen LogP contribution in [-0.4, -0.2) is 24.0 Å². The average Bonchev–Trinajstić information content (AvgIpc) is 2.62. The van der Waals surface area contributed by atoms with Gasteiger partial charge in [0.1, 0.15) is 0 Å². The minimum Gasteiger partial charge on any atom is -0.359 e. The Morgan fingerprint density at radius 3 is 2.24 bits per heavy atom. The molecule has 0 fully saturated rings. The molecule has 2 aromatic rings. The van der Waals surface area contributed by atoms with E-state index in [9.17, 15) is 9.59 Å². The summed E-state index contributed by atoms with van der Waals surface area (Å²) in [7, 11) is 1.61. The number of hydrogen-bond donors (Lipinski definition) is 3. The second-order valence-electron chi connectivity index (χ2n) is 5.53.